The maximum atomic E-state index is 2.68. The van der Waals surface area contributed by atoms with Crippen molar-refractivity contribution in [3.8, 4) is 0 Å². The van der Waals surface area contributed by atoms with E-state index in [0.29, 0.717) is 0 Å². The van der Waals surface area contributed by atoms with Gasteiger partial charge in [0, 0.05) is 0 Å². The van der Waals surface area contributed by atoms with Gasteiger partial charge in [-0.25, -0.2) is 0 Å². The summed E-state index contributed by atoms with van der Waals surface area (Å²) in [7, 11) is 0. The number of fused-ring (bicyclic) bond motifs is 1. The van der Waals surface area contributed by atoms with Crippen molar-refractivity contribution < 1.29 is 0 Å². The van der Waals surface area contributed by atoms with Crippen molar-refractivity contribution in [2.75, 3.05) is 0 Å². The van der Waals surface area contributed by atoms with Crippen LogP contribution in [0.3, 0.4) is 0 Å². The minimum absolute atomic E-state index is 0.725. The quantitative estimate of drug-likeness (QED) is 0.532. The van der Waals surface area contributed by atoms with E-state index in [4.69, 9.17) is 0 Å². The van der Waals surface area contributed by atoms with Crippen LogP contribution in [0.2, 0.25) is 0 Å². The molecule has 0 heteroatoms. The fourth-order valence-electron chi connectivity index (χ4n) is 8.20. The van der Waals surface area contributed by atoms with Gasteiger partial charge in [-0.15, -0.1) is 0 Å². The Hall–Kier alpha value is 0. The maximum Gasteiger partial charge on any atom is -0.0258 e. The summed E-state index contributed by atoms with van der Waals surface area (Å²) >= 11 is 0. The molecule has 0 amide bonds. The van der Waals surface area contributed by atoms with Crippen LogP contribution < -0.4 is 0 Å². The second-order valence-electron chi connectivity index (χ2n) is 10.9. The van der Waals surface area contributed by atoms with E-state index in [9.17, 15) is 0 Å². The molecule has 0 aromatic carbocycles. The van der Waals surface area contributed by atoms with E-state index in [1.807, 2.05) is 0 Å². The first-order chi connectivity index (χ1) is 10.9. The van der Waals surface area contributed by atoms with Crippen molar-refractivity contribution in [1.29, 1.82) is 0 Å². The molecule has 0 spiro atoms. The summed E-state index contributed by atoms with van der Waals surface area (Å²) in [5.74, 6) is 10.5. The van der Waals surface area contributed by atoms with E-state index in [0.717, 1.165) is 64.6 Å². The Kier molecular flexibility index (Phi) is 3.94. The standard InChI is InChI=1S/C23H40/c1-7-17-8-13(2)18(17)9-14(3)19-10-16(5)22(19)23(6)12-20-15(4)11-21(20)23/h13-22H,7-12H2,1-6H3. The molecule has 0 N–H and O–H groups in total. The summed E-state index contributed by atoms with van der Waals surface area (Å²) in [6.45, 7) is 15.3. The molecular weight excluding hydrogens is 276 g/mol. The Labute approximate surface area is 145 Å². The van der Waals surface area contributed by atoms with Crippen LogP contribution in [0.25, 0.3) is 0 Å². The van der Waals surface area contributed by atoms with E-state index in [-0.39, 0.29) is 0 Å². The average molecular weight is 317 g/mol. The summed E-state index contributed by atoms with van der Waals surface area (Å²) in [5.41, 5.74) is 0.725. The highest BCUT2D eigenvalue weighted by atomic mass is 14.7. The lowest BCUT2D eigenvalue weighted by molar-refractivity contribution is -0.227. The van der Waals surface area contributed by atoms with Gasteiger partial charge in [0.25, 0.3) is 0 Å². The molecule has 4 rings (SSSR count). The molecule has 0 aliphatic heterocycles. The first-order valence-corrected chi connectivity index (χ1v) is 10.9. The van der Waals surface area contributed by atoms with Gasteiger partial charge >= 0.3 is 0 Å². The molecule has 11 unspecified atom stereocenters. The normalized spacial score (nSPS) is 59.0. The molecule has 0 aromatic rings. The zero-order valence-electron chi connectivity index (χ0n) is 16.5. The molecule has 4 aliphatic carbocycles. The summed E-state index contributed by atoms with van der Waals surface area (Å²) in [4.78, 5) is 0. The highest BCUT2D eigenvalue weighted by Crippen LogP contribution is 2.72. The Morgan fingerprint density at radius 1 is 1.00 bits per heavy atom. The number of hydrogen-bond donors (Lipinski definition) is 0. The van der Waals surface area contributed by atoms with E-state index in [1.54, 1.807) is 12.8 Å². The van der Waals surface area contributed by atoms with Gasteiger partial charge in [-0.1, -0.05) is 48.0 Å². The second kappa shape index (κ2) is 5.50. The van der Waals surface area contributed by atoms with Gasteiger partial charge in [0.15, 0.2) is 0 Å². The molecule has 132 valence electrons. The molecule has 0 bridgehead atoms. The van der Waals surface area contributed by atoms with Crippen molar-refractivity contribution in [2.24, 2.45) is 64.6 Å². The minimum Gasteiger partial charge on any atom is -0.0651 e. The smallest absolute Gasteiger partial charge is 0.0258 e. The number of hydrogen-bond acceptors (Lipinski definition) is 0. The van der Waals surface area contributed by atoms with Gasteiger partial charge in [-0.3, -0.25) is 0 Å². The topological polar surface area (TPSA) is 0 Å². The highest BCUT2D eigenvalue weighted by molar-refractivity contribution is 5.14. The Balaban J connectivity index is 1.39. The molecule has 23 heavy (non-hydrogen) atoms. The minimum atomic E-state index is 0.725. The average Bonchev–Trinajstić information content (AvgIpc) is 2.50. The molecule has 0 nitrogen and oxygen atoms in total. The van der Waals surface area contributed by atoms with Crippen LogP contribution in [-0.2, 0) is 0 Å². The summed E-state index contributed by atoms with van der Waals surface area (Å²) < 4.78 is 0. The van der Waals surface area contributed by atoms with Crippen LogP contribution in [-0.4, -0.2) is 0 Å². The van der Waals surface area contributed by atoms with Crippen molar-refractivity contribution in [3.63, 3.8) is 0 Å². The monoisotopic (exact) mass is 316 g/mol. The molecule has 0 aromatic heterocycles. The Morgan fingerprint density at radius 3 is 2.22 bits per heavy atom. The van der Waals surface area contributed by atoms with E-state index in [1.165, 1.54) is 25.7 Å². The highest BCUT2D eigenvalue weighted by Gasteiger charge is 2.65. The van der Waals surface area contributed by atoms with E-state index >= 15 is 0 Å². The van der Waals surface area contributed by atoms with Gasteiger partial charge in [0.2, 0.25) is 0 Å². The lowest BCUT2D eigenvalue weighted by atomic mass is 9.34. The fourth-order valence-corrected chi connectivity index (χ4v) is 8.20. The molecule has 4 aliphatic rings. The first-order valence-electron chi connectivity index (χ1n) is 10.9. The van der Waals surface area contributed by atoms with Crippen molar-refractivity contribution in [2.45, 2.75) is 80.1 Å². The molecule has 4 fully saturated rings. The maximum absolute atomic E-state index is 2.68. The zero-order valence-corrected chi connectivity index (χ0v) is 16.5. The molecule has 4 saturated carbocycles. The zero-order chi connectivity index (χ0) is 16.5. The largest absolute Gasteiger partial charge is 0.0651 e. The molecule has 11 atom stereocenters. The van der Waals surface area contributed by atoms with Crippen molar-refractivity contribution in [1.82, 2.24) is 0 Å². The molecule has 0 saturated heterocycles. The predicted molar refractivity (Wildman–Crippen MR) is 99.1 cm³/mol. The van der Waals surface area contributed by atoms with Crippen LogP contribution in [0.15, 0.2) is 0 Å². The van der Waals surface area contributed by atoms with Crippen LogP contribution >= 0.6 is 0 Å². The van der Waals surface area contributed by atoms with Gasteiger partial charge in [-0.05, 0) is 96.7 Å². The fraction of sp³-hybridized carbons (Fsp3) is 1.00. The van der Waals surface area contributed by atoms with Crippen LogP contribution in [0, 0.1) is 64.6 Å². The van der Waals surface area contributed by atoms with E-state index in [2.05, 4.69) is 41.5 Å². The first kappa shape index (κ1) is 16.5. The van der Waals surface area contributed by atoms with Gasteiger partial charge in [0.1, 0.15) is 0 Å². The summed E-state index contributed by atoms with van der Waals surface area (Å²) in [6.07, 6.45) is 9.11. The predicted octanol–water partition coefficient (Wildman–Crippen LogP) is 6.65. The lowest BCUT2D eigenvalue weighted by Crippen LogP contribution is -2.64. The second-order valence-corrected chi connectivity index (χ2v) is 10.9. The third kappa shape index (κ3) is 2.22. The van der Waals surface area contributed by atoms with Gasteiger partial charge in [0.05, 0.1) is 0 Å². The van der Waals surface area contributed by atoms with Crippen LogP contribution in [0.4, 0.5) is 0 Å². The molecular formula is C23H40. The molecule has 0 heterocycles. The SMILES string of the molecule is CCC1CC(C)C1CC(C)C1CC(C)C1C1(C)CC2C(C)CC21. The Bertz CT molecular complexity index is 453. The van der Waals surface area contributed by atoms with Gasteiger partial charge in [-0.2, -0.15) is 0 Å². The van der Waals surface area contributed by atoms with Crippen LogP contribution in [0.1, 0.15) is 80.1 Å². The Morgan fingerprint density at radius 2 is 1.74 bits per heavy atom. The summed E-state index contributed by atoms with van der Waals surface area (Å²) in [5, 5.41) is 0. The van der Waals surface area contributed by atoms with Crippen LogP contribution in [0.5, 0.6) is 0 Å². The number of rotatable bonds is 5. The van der Waals surface area contributed by atoms with Crippen molar-refractivity contribution in [3.05, 3.63) is 0 Å². The van der Waals surface area contributed by atoms with E-state index < -0.39 is 0 Å². The van der Waals surface area contributed by atoms with Crippen molar-refractivity contribution >= 4 is 0 Å². The third-order valence-electron chi connectivity index (χ3n) is 9.79. The lowest BCUT2D eigenvalue weighted by Gasteiger charge is -2.71. The molecule has 0 radical (unpaired) electrons. The third-order valence-corrected chi connectivity index (χ3v) is 9.79. The van der Waals surface area contributed by atoms with Gasteiger partial charge < -0.3 is 0 Å². The summed E-state index contributed by atoms with van der Waals surface area (Å²) in [6, 6.07) is 0.